The molecule has 1 aromatic rings. The van der Waals surface area contributed by atoms with Crippen molar-refractivity contribution in [2.24, 2.45) is 0 Å². The summed E-state index contributed by atoms with van der Waals surface area (Å²) in [5.74, 6) is 0.525. The third-order valence-corrected chi connectivity index (χ3v) is 1.92. The maximum absolute atomic E-state index is 11.1. The van der Waals surface area contributed by atoms with Crippen LogP contribution in [0.5, 0.6) is 0 Å². The number of cyclic esters (lactones) is 1. The summed E-state index contributed by atoms with van der Waals surface area (Å²) in [5, 5.41) is 3.00. The van der Waals surface area contributed by atoms with E-state index in [4.69, 9.17) is 4.74 Å². The molecule has 68 valence electrons. The number of nitrogens with one attached hydrogen (secondary N) is 1. The summed E-state index contributed by atoms with van der Waals surface area (Å²) < 4.78 is 4.81. The van der Waals surface area contributed by atoms with Crippen molar-refractivity contribution in [2.45, 2.75) is 12.5 Å². The van der Waals surface area contributed by atoms with E-state index in [1.54, 1.807) is 6.20 Å². The van der Waals surface area contributed by atoms with Gasteiger partial charge in [-0.05, 0) is 12.1 Å². The van der Waals surface area contributed by atoms with Gasteiger partial charge in [0, 0.05) is 12.6 Å². The van der Waals surface area contributed by atoms with Gasteiger partial charge in [-0.15, -0.1) is 0 Å². The molecule has 1 saturated heterocycles. The Balaban J connectivity index is 2.02. The third-order valence-electron chi connectivity index (χ3n) is 1.92. The van der Waals surface area contributed by atoms with Crippen LogP contribution >= 0.6 is 0 Å². The van der Waals surface area contributed by atoms with Gasteiger partial charge in [0.25, 0.3) is 0 Å². The van der Waals surface area contributed by atoms with Crippen LogP contribution in [0, 0.1) is 0 Å². The highest BCUT2D eigenvalue weighted by Gasteiger charge is 2.26. The van der Waals surface area contributed by atoms with E-state index in [1.165, 1.54) is 0 Å². The summed E-state index contributed by atoms with van der Waals surface area (Å²) in [4.78, 5) is 15.1. The average molecular weight is 178 g/mol. The number of hydrogen-bond acceptors (Lipinski definition) is 4. The van der Waals surface area contributed by atoms with Gasteiger partial charge in [0.15, 0.2) is 0 Å². The Labute approximate surface area is 75.9 Å². The highest BCUT2D eigenvalue weighted by Crippen LogP contribution is 2.11. The molecule has 0 aliphatic carbocycles. The van der Waals surface area contributed by atoms with Crippen molar-refractivity contribution in [3.8, 4) is 0 Å². The summed E-state index contributed by atoms with van der Waals surface area (Å²) >= 11 is 0. The smallest absolute Gasteiger partial charge is 0.328 e. The van der Waals surface area contributed by atoms with Crippen LogP contribution in [0.2, 0.25) is 0 Å². The summed E-state index contributed by atoms with van der Waals surface area (Å²) in [7, 11) is 0. The normalized spacial score (nSPS) is 21.2. The molecule has 0 saturated carbocycles. The van der Waals surface area contributed by atoms with E-state index in [0.717, 1.165) is 6.42 Å². The Bertz CT molecular complexity index is 300. The number of rotatable bonds is 2. The van der Waals surface area contributed by atoms with E-state index >= 15 is 0 Å². The number of ether oxygens (including phenoxy) is 1. The number of aromatic nitrogens is 1. The van der Waals surface area contributed by atoms with Crippen molar-refractivity contribution in [1.29, 1.82) is 0 Å². The molecule has 1 N–H and O–H groups in total. The van der Waals surface area contributed by atoms with Gasteiger partial charge in [-0.1, -0.05) is 6.07 Å². The topological polar surface area (TPSA) is 51.2 Å². The zero-order valence-corrected chi connectivity index (χ0v) is 7.06. The van der Waals surface area contributed by atoms with Crippen LogP contribution in [-0.4, -0.2) is 23.6 Å². The molecule has 2 rings (SSSR count). The Morgan fingerprint density at radius 3 is 3.08 bits per heavy atom. The fourth-order valence-electron chi connectivity index (χ4n) is 1.25. The van der Waals surface area contributed by atoms with Gasteiger partial charge in [0.2, 0.25) is 0 Å². The Morgan fingerprint density at radius 2 is 2.46 bits per heavy atom. The van der Waals surface area contributed by atoms with Crippen LogP contribution in [0.4, 0.5) is 5.82 Å². The lowest BCUT2D eigenvalue weighted by Crippen LogP contribution is -2.24. The number of esters is 1. The second kappa shape index (κ2) is 3.43. The number of hydrogen-bond donors (Lipinski definition) is 1. The molecule has 0 amide bonds. The van der Waals surface area contributed by atoms with E-state index < -0.39 is 0 Å². The fraction of sp³-hybridized carbons (Fsp3) is 0.333. The second-order valence-electron chi connectivity index (χ2n) is 2.87. The van der Waals surface area contributed by atoms with Crippen molar-refractivity contribution in [3.05, 3.63) is 24.4 Å². The molecule has 4 nitrogen and oxygen atoms in total. The number of nitrogens with zero attached hydrogens (tertiary/aromatic N) is 1. The SMILES string of the molecule is O=C1OCCC1Nc1ccccn1. The average Bonchev–Trinajstić information content (AvgIpc) is 2.54. The largest absolute Gasteiger partial charge is 0.464 e. The predicted molar refractivity (Wildman–Crippen MR) is 47.2 cm³/mol. The number of carbonyl (C=O) groups excluding carboxylic acids is 1. The molecule has 1 unspecified atom stereocenters. The van der Waals surface area contributed by atoms with E-state index in [9.17, 15) is 4.79 Å². The number of anilines is 1. The highest BCUT2D eigenvalue weighted by atomic mass is 16.5. The minimum atomic E-state index is -0.227. The van der Waals surface area contributed by atoms with Crippen molar-refractivity contribution >= 4 is 11.8 Å². The molecule has 0 radical (unpaired) electrons. The lowest BCUT2D eigenvalue weighted by molar-refractivity contribution is -0.138. The summed E-state index contributed by atoms with van der Waals surface area (Å²) in [6, 6.07) is 5.30. The van der Waals surface area contributed by atoms with Gasteiger partial charge in [0.1, 0.15) is 11.9 Å². The van der Waals surface area contributed by atoms with Gasteiger partial charge in [0.05, 0.1) is 6.61 Å². The van der Waals surface area contributed by atoms with Crippen molar-refractivity contribution in [1.82, 2.24) is 4.98 Å². The maximum atomic E-state index is 11.1. The summed E-state index contributed by atoms with van der Waals surface area (Å²) in [6.45, 7) is 0.503. The molecular formula is C9H10N2O2. The molecule has 0 bridgehead atoms. The monoisotopic (exact) mass is 178 g/mol. The molecule has 13 heavy (non-hydrogen) atoms. The molecule has 1 aliphatic heterocycles. The van der Waals surface area contributed by atoms with Gasteiger partial charge in [-0.25, -0.2) is 9.78 Å². The molecule has 0 aromatic carbocycles. The third kappa shape index (κ3) is 1.77. The van der Waals surface area contributed by atoms with E-state index in [1.807, 2.05) is 18.2 Å². The zero-order chi connectivity index (χ0) is 9.10. The van der Waals surface area contributed by atoms with E-state index in [2.05, 4.69) is 10.3 Å². The molecular weight excluding hydrogens is 168 g/mol. The predicted octanol–water partition coefficient (Wildman–Crippen LogP) is 0.809. The van der Waals surface area contributed by atoms with Crippen LogP contribution in [-0.2, 0) is 9.53 Å². The Kier molecular flexibility index (Phi) is 2.12. The Hall–Kier alpha value is -1.58. The number of pyridine rings is 1. The maximum Gasteiger partial charge on any atom is 0.328 e. The lowest BCUT2D eigenvalue weighted by Gasteiger charge is -2.07. The molecule has 1 fully saturated rings. The first-order valence-electron chi connectivity index (χ1n) is 4.20. The highest BCUT2D eigenvalue weighted by molar-refractivity contribution is 5.80. The van der Waals surface area contributed by atoms with Crippen LogP contribution in [0.25, 0.3) is 0 Å². The van der Waals surface area contributed by atoms with Gasteiger partial charge >= 0.3 is 5.97 Å². The van der Waals surface area contributed by atoms with Crippen molar-refractivity contribution in [2.75, 3.05) is 11.9 Å². The van der Waals surface area contributed by atoms with Gasteiger partial charge in [-0.3, -0.25) is 0 Å². The van der Waals surface area contributed by atoms with Gasteiger partial charge < -0.3 is 10.1 Å². The lowest BCUT2D eigenvalue weighted by atomic mass is 10.2. The minimum absolute atomic E-state index is 0.189. The first kappa shape index (κ1) is 8.04. The quantitative estimate of drug-likeness (QED) is 0.681. The van der Waals surface area contributed by atoms with Crippen molar-refractivity contribution in [3.63, 3.8) is 0 Å². The first-order chi connectivity index (χ1) is 6.36. The standard InChI is InChI=1S/C9H10N2O2/c12-9-7(4-6-13-9)11-8-3-1-2-5-10-8/h1-3,5,7H,4,6H2,(H,10,11). The van der Waals surface area contributed by atoms with E-state index in [0.29, 0.717) is 12.4 Å². The van der Waals surface area contributed by atoms with Crippen LogP contribution in [0.15, 0.2) is 24.4 Å². The summed E-state index contributed by atoms with van der Waals surface area (Å²) in [6.07, 6.45) is 2.40. The van der Waals surface area contributed by atoms with Crippen LogP contribution in [0.3, 0.4) is 0 Å². The van der Waals surface area contributed by atoms with Gasteiger partial charge in [-0.2, -0.15) is 0 Å². The van der Waals surface area contributed by atoms with E-state index in [-0.39, 0.29) is 12.0 Å². The van der Waals surface area contributed by atoms with Crippen molar-refractivity contribution < 1.29 is 9.53 Å². The summed E-state index contributed by atoms with van der Waals surface area (Å²) in [5.41, 5.74) is 0. The van der Waals surface area contributed by atoms with Crippen LogP contribution < -0.4 is 5.32 Å². The zero-order valence-electron chi connectivity index (χ0n) is 7.06. The Morgan fingerprint density at radius 1 is 1.54 bits per heavy atom. The second-order valence-corrected chi connectivity index (χ2v) is 2.87. The molecule has 1 atom stereocenters. The first-order valence-corrected chi connectivity index (χ1v) is 4.20. The molecule has 0 spiro atoms. The molecule has 4 heteroatoms. The molecule has 2 heterocycles. The fourth-order valence-corrected chi connectivity index (χ4v) is 1.25. The molecule has 1 aromatic heterocycles. The number of carbonyl (C=O) groups is 1. The molecule has 1 aliphatic rings. The minimum Gasteiger partial charge on any atom is -0.464 e. The van der Waals surface area contributed by atoms with Crippen LogP contribution in [0.1, 0.15) is 6.42 Å².